The van der Waals surface area contributed by atoms with Crippen LogP contribution in [-0.2, 0) is 19.4 Å². The summed E-state index contributed by atoms with van der Waals surface area (Å²) in [6.07, 6.45) is 4.71. The Kier molecular flexibility index (Phi) is 5.88. The number of halogens is 1. The first-order valence-electron chi connectivity index (χ1n) is 7.64. The highest BCUT2D eigenvalue weighted by Gasteiger charge is 2.05. The molecule has 0 bridgehead atoms. The van der Waals surface area contributed by atoms with E-state index in [1.165, 1.54) is 5.56 Å². The van der Waals surface area contributed by atoms with Crippen molar-refractivity contribution in [3.8, 4) is 0 Å². The number of pyridine rings is 1. The average molecular weight is 286 g/mol. The molecule has 0 fully saturated rings. The van der Waals surface area contributed by atoms with Gasteiger partial charge in [0.2, 0.25) is 0 Å². The maximum atomic E-state index is 13.8. The largest absolute Gasteiger partial charge is 0.313 e. The second kappa shape index (κ2) is 7.89. The zero-order valence-corrected chi connectivity index (χ0v) is 12.8. The molecule has 0 atom stereocenters. The molecule has 112 valence electrons. The molecule has 0 spiro atoms. The van der Waals surface area contributed by atoms with Gasteiger partial charge in [-0.15, -0.1) is 0 Å². The van der Waals surface area contributed by atoms with Crippen molar-refractivity contribution in [1.29, 1.82) is 0 Å². The highest BCUT2D eigenvalue weighted by Crippen LogP contribution is 2.14. The number of aromatic nitrogens is 1. The first kappa shape index (κ1) is 15.6. The summed E-state index contributed by atoms with van der Waals surface area (Å²) in [7, 11) is 0. The van der Waals surface area contributed by atoms with Gasteiger partial charge in [0.1, 0.15) is 5.82 Å². The van der Waals surface area contributed by atoms with E-state index in [0.717, 1.165) is 42.6 Å². The fraction of sp³-hybridized carbons (Fsp3) is 0.389. The van der Waals surface area contributed by atoms with Crippen LogP contribution in [-0.4, -0.2) is 11.5 Å². The molecule has 2 rings (SSSR count). The first-order chi connectivity index (χ1) is 10.2. The van der Waals surface area contributed by atoms with Crippen molar-refractivity contribution in [3.05, 3.63) is 64.7 Å². The molecule has 0 saturated heterocycles. The average Bonchev–Trinajstić information content (AvgIpc) is 2.51. The Hall–Kier alpha value is -1.74. The maximum Gasteiger partial charge on any atom is 0.127 e. The third-order valence-corrected chi connectivity index (χ3v) is 3.53. The predicted octanol–water partition coefficient (Wildman–Crippen LogP) is 3.87. The van der Waals surface area contributed by atoms with Crippen LogP contribution in [0, 0.1) is 5.82 Å². The second-order valence-electron chi connectivity index (χ2n) is 5.29. The molecule has 0 unspecified atom stereocenters. The Morgan fingerprint density at radius 1 is 1.10 bits per heavy atom. The molecule has 2 aromatic rings. The van der Waals surface area contributed by atoms with Crippen LogP contribution in [0.1, 0.15) is 42.7 Å². The van der Waals surface area contributed by atoms with Gasteiger partial charge in [-0.25, -0.2) is 4.39 Å². The van der Waals surface area contributed by atoms with Crippen LogP contribution < -0.4 is 5.32 Å². The van der Waals surface area contributed by atoms with E-state index in [1.807, 2.05) is 18.3 Å². The molecule has 1 N–H and O–H groups in total. The van der Waals surface area contributed by atoms with E-state index in [1.54, 1.807) is 6.07 Å². The summed E-state index contributed by atoms with van der Waals surface area (Å²) in [5, 5.41) is 3.24. The van der Waals surface area contributed by atoms with Gasteiger partial charge in [0, 0.05) is 30.4 Å². The topological polar surface area (TPSA) is 24.9 Å². The van der Waals surface area contributed by atoms with E-state index in [-0.39, 0.29) is 5.82 Å². The molecule has 1 aromatic heterocycles. The van der Waals surface area contributed by atoms with Crippen molar-refractivity contribution < 1.29 is 4.39 Å². The molecule has 0 aliphatic rings. The van der Waals surface area contributed by atoms with Gasteiger partial charge in [-0.1, -0.05) is 32.0 Å². The van der Waals surface area contributed by atoms with E-state index in [4.69, 9.17) is 0 Å². The first-order valence-corrected chi connectivity index (χ1v) is 7.64. The van der Waals surface area contributed by atoms with Crippen molar-refractivity contribution in [2.45, 2.75) is 39.7 Å². The minimum absolute atomic E-state index is 0.142. The van der Waals surface area contributed by atoms with Crippen molar-refractivity contribution in [1.82, 2.24) is 10.3 Å². The molecule has 0 aliphatic carbocycles. The number of nitrogens with one attached hydrogen (secondary N) is 1. The van der Waals surface area contributed by atoms with E-state index in [2.05, 4.69) is 36.3 Å². The van der Waals surface area contributed by atoms with Gasteiger partial charge in [0.05, 0.1) is 0 Å². The van der Waals surface area contributed by atoms with Crippen molar-refractivity contribution in [3.63, 3.8) is 0 Å². The number of nitrogens with zero attached hydrogens (tertiary/aromatic N) is 1. The summed E-state index contributed by atoms with van der Waals surface area (Å²) in [6.45, 7) is 5.71. The van der Waals surface area contributed by atoms with Crippen LogP contribution in [0.4, 0.5) is 4.39 Å². The minimum atomic E-state index is -0.142. The third-order valence-electron chi connectivity index (χ3n) is 3.53. The molecular formula is C18H23FN2. The van der Waals surface area contributed by atoms with Gasteiger partial charge in [-0.2, -0.15) is 0 Å². The normalized spacial score (nSPS) is 10.8. The van der Waals surface area contributed by atoms with Crippen LogP contribution >= 0.6 is 0 Å². The van der Waals surface area contributed by atoms with Gasteiger partial charge in [0.15, 0.2) is 0 Å². The van der Waals surface area contributed by atoms with Gasteiger partial charge in [-0.05, 0) is 42.6 Å². The Morgan fingerprint density at radius 3 is 2.57 bits per heavy atom. The molecule has 0 aliphatic heterocycles. The monoisotopic (exact) mass is 286 g/mol. The predicted molar refractivity (Wildman–Crippen MR) is 84.8 cm³/mol. The van der Waals surface area contributed by atoms with E-state index < -0.39 is 0 Å². The Morgan fingerprint density at radius 2 is 1.90 bits per heavy atom. The lowest BCUT2D eigenvalue weighted by Gasteiger charge is -2.08. The molecule has 1 aromatic carbocycles. The fourth-order valence-corrected chi connectivity index (χ4v) is 2.25. The Balaban J connectivity index is 2.06. The summed E-state index contributed by atoms with van der Waals surface area (Å²) in [5.74, 6) is -0.142. The molecule has 0 saturated carbocycles. The van der Waals surface area contributed by atoms with Crippen LogP contribution in [0.3, 0.4) is 0 Å². The van der Waals surface area contributed by atoms with Crippen LogP contribution in [0.15, 0.2) is 36.5 Å². The molecule has 0 amide bonds. The third kappa shape index (κ3) is 4.64. The van der Waals surface area contributed by atoms with Crippen molar-refractivity contribution in [2.75, 3.05) is 6.54 Å². The number of hydrogen-bond acceptors (Lipinski definition) is 2. The molecule has 0 radical (unpaired) electrons. The maximum absolute atomic E-state index is 13.8. The highest BCUT2D eigenvalue weighted by molar-refractivity contribution is 5.29. The Bertz CT molecular complexity index is 564. The van der Waals surface area contributed by atoms with Gasteiger partial charge < -0.3 is 5.32 Å². The van der Waals surface area contributed by atoms with Crippen LogP contribution in [0.2, 0.25) is 0 Å². The lowest BCUT2D eigenvalue weighted by atomic mass is 10.0. The summed E-state index contributed by atoms with van der Waals surface area (Å²) >= 11 is 0. The SMILES string of the molecule is CCCNCc1cc(Cc2ccc(CC)cn2)ccc1F. The highest BCUT2D eigenvalue weighted by atomic mass is 19.1. The molecule has 21 heavy (non-hydrogen) atoms. The number of hydrogen-bond donors (Lipinski definition) is 1. The lowest BCUT2D eigenvalue weighted by molar-refractivity contribution is 0.585. The zero-order chi connectivity index (χ0) is 15.1. The zero-order valence-electron chi connectivity index (χ0n) is 12.8. The molecular weight excluding hydrogens is 263 g/mol. The van der Waals surface area contributed by atoms with Crippen LogP contribution in [0.25, 0.3) is 0 Å². The van der Waals surface area contributed by atoms with E-state index in [9.17, 15) is 4.39 Å². The number of benzene rings is 1. The van der Waals surface area contributed by atoms with Crippen LogP contribution in [0.5, 0.6) is 0 Å². The van der Waals surface area contributed by atoms with Gasteiger partial charge in [0.25, 0.3) is 0 Å². The lowest BCUT2D eigenvalue weighted by Crippen LogP contribution is -2.15. The summed E-state index contributed by atoms with van der Waals surface area (Å²) in [5.41, 5.74) is 4.08. The molecule has 1 heterocycles. The van der Waals surface area contributed by atoms with E-state index in [0.29, 0.717) is 6.54 Å². The number of aryl methyl sites for hydroxylation is 1. The Labute approximate surface area is 126 Å². The summed E-state index contributed by atoms with van der Waals surface area (Å²) in [4.78, 5) is 4.46. The quantitative estimate of drug-likeness (QED) is 0.781. The van der Waals surface area contributed by atoms with Gasteiger partial charge >= 0.3 is 0 Å². The van der Waals surface area contributed by atoms with Gasteiger partial charge in [-0.3, -0.25) is 4.98 Å². The molecule has 3 heteroatoms. The smallest absolute Gasteiger partial charge is 0.127 e. The summed E-state index contributed by atoms with van der Waals surface area (Å²) < 4.78 is 13.8. The minimum Gasteiger partial charge on any atom is -0.313 e. The second-order valence-corrected chi connectivity index (χ2v) is 5.29. The summed E-state index contributed by atoms with van der Waals surface area (Å²) in [6, 6.07) is 9.49. The standard InChI is InChI=1S/C18H23FN2/c1-3-9-20-13-16-10-15(6-8-18(16)19)11-17-7-5-14(4-2)12-21-17/h5-8,10,12,20H,3-4,9,11,13H2,1-2H3. The van der Waals surface area contributed by atoms with Crippen molar-refractivity contribution in [2.24, 2.45) is 0 Å². The van der Waals surface area contributed by atoms with Crippen molar-refractivity contribution >= 4 is 0 Å². The molecule has 2 nitrogen and oxygen atoms in total. The van der Waals surface area contributed by atoms with E-state index >= 15 is 0 Å². The fourth-order valence-electron chi connectivity index (χ4n) is 2.25. The number of rotatable bonds is 7.